The minimum atomic E-state index is -1.04. The number of fused-ring (bicyclic) bond motifs is 2. The fraction of sp³-hybridized carbons (Fsp3) is 0.156. The van der Waals surface area contributed by atoms with Crippen molar-refractivity contribution in [1.29, 1.82) is 0 Å². The number of ether oxygens (including phenoxy) is 1. The second-order valence-corrected chi connectivity index (χ2v) is 9.85. The van der Waals surface area contributed by atoms with Crippen molar-refractivity contribution in [2.45, 2.75) is 24.9 Å². The number of esters is 1. The number of H-pyrrole nitrogens is 2. The molecule has 0 aliphatic heterocycles. The number of rotatable bonds is 10. The van der Waals surface area contributed by atoms with Crippen LogP contribution in [0.25, 0.3) is 27.9 Å². The second kappa shape index (κ2) is 12.3. The highest BCUT2D eigenvalue weighted by molar-refractivity contribution is 5.97. The molecule has 0 aliphatic carbocycles. The molecule has 6 N–H and O–H groups in total. The summed E-state index contributed by atoms with van der Waals surface area (Å²) in [5, 5.41) is 26.6. The third kappa shape index (κ3) is 6.28. The van der Waals surface area contributed by atoms with Crippen molar-refractivity contribution in [3.63, 3.8) is 0 Å². The molecule has 0 aliphatic rings. The molecule has 10 nitrogen and oxygen atoms in total. The van der Waals surface area contributed by atoms with Crippen LogP contribution >= 0.6 is 0 Å². The van der Waals surface area contributed by atoms with Crippen LogP contribution in [-0.4, -0.2) is 57.2 Å². The summed E-state index contributed by atoms with van der Waals surface area (Å²) in [4.78, 5) is 45.8. The molecule has 0 bridgehead atoms. The molecule has 2 atom stereocenters. The molecular formula is C32H30N4O6. The van der Waals surface area contributed by atoms with Gasteiger partial charge >= 0.3 is 5.97 Å². The van der Waals surface area contributed by atoms with Gasteiger partial charge in [-0.05, 0) is 47.0 Å². The lowest BCUT2D eigenvalue weighted by Crippen LogP contribution is -2.53. The highest BCUT2D eigenvalue weighted by atomic mass is 16.5. The Morgan fingerprint density at radius 2 is 1.40 bits per heavy atom. The number of nitrogens with one attached hydrogen (secondary N) is 4. The summed E-state index contributed by atoms with van der Waals surface area (Å²) in [5.74, 6) is -2.33. The fourth-order valence-electron chi connectivity index (χ4n) is 4.89. The monoisotopic (exact) mass is 566 g/mol. The molecule has 0 saturated heterocycles. The molecule has 0 radical (unpaired) electrons. The molecule has 2 heterocycles. The molecule has 0 fully saturated rings. The number of methoxy groups -OCH3 is 1. The van der Waals surface area contributed by atoms with Crippen molar-refractivity contribution in [3.05, 3.63) is 102 Å². The minimum Gasteiger partial charge on any atom is -0.504 e. The average Bonchev–Trinajstić information content (AvgIpc) is 3.60. The van der Waals surface area contributed by atoms with E-state index in [4.69, 9.17) is 4.74 Å². The molecular weight excluding hydrogens is 536 g/mol. The number of benzene rings is 3. The predicted molar refractivity (Wildman–Crippen MR) is 159 cm³/mol. The van der Waals surface area contributed by atoms with Crippen molar-refractivity contribution < 1.29 is 29.3 Å². The fourth-order valence-corrected chi connectivity index (χ4v) is 4.89. The molecule has 214 valence electrons. The van der Waals surface area contributed by atoms with Crippen LogP contribution in [0.2, 0.25) is 0 Å². The van der Waals surface area contributed by atoms with E-state index in [1.165, 1.54) is 37.5 Å². The van der Waals surface area contributed by atoms with Crippen molar-refractivity contribution in [1.82, 2.24) is 20.6 Å². The van der Waals surface area contributed by atoms with Gasteiger partial charge in [-0.25, -0.2) is 4.79 Å². The van der Waals surface area contributed by atoms with Crippen LogP contribution in [0.15, 0.2) is 85.2 Å². The third-order valence-electron chi connectivity index (χ3n) is 7.06. The number of hydrogen-bond donors (Lipinski definition) is 6. The van der Waals surface area contributed by atoms with Gasteiger partial charge in [0.15, 0.2) is 11.5 Å². The van der Waals surface area contributed by atoms with Gasteiger partial charge in [-0.1, -0.05) is 42.5 Å². The van der Waals surface area contributed by atoms with E-state index in [2.05, 4.69) is 20.6 Å². The maximum absolute atomic E-state index is 13.7. The minimum absolute atomic E-state index is 0.149. The van der Waals surface area contributed by atoms with Crippen LogP contribution in [0.5, 0.6) is 11.5 Å². The summed E-state index contributed by atoms with van der Waals surface area (Å²) < 4.78 is 5.00. The van der Waals surface area contributed by atoms with E-state index in [-0.39, 0.29) is 24.3 Å². The Kier molecular flexibility index (Phi) is 8.24. The molecule has 3 aromatic carbocycles. The summed E-state index contributed by atoms with van der Waals surface area (Å²) in [5.41, 5.74) is 3.91. The number of carbonyl (C=O) groups excluding carboxylic acids is 3. The van der Waals surface area contributed by atoms with E-state index >= 15 is 0 Å². The number of hydrogen-bond acceptors (Lipinski definition) is 6. The van der Waals surface area contributed by atoms with E-state index < -0.39 is 29.9 Å². The van der Waals surface area contributed by atoms with Crippen LogP contribution in [0.4, 0.5) is 0 Å². The van der Waals surface area contributed by atoms with E-state index in [0.717, 1.165) is 32.9 Å². The molecule has 5 rings (SSSR count). The molecule has 2 aromatic heterocycles. The van der Waals surface area contributed by atoms with Gasteiger partial charge in [0.05, 0.1) is 7.11 Å². The van der Waals surface area contributed by atoms with E-state index in [1.807, 2.05) is 48.5 Å². The van der Waals surface area contributed by atoms with Crippen molar-refractivity contribution in [2.24, 2.45) is 0 Å². The van der Waals surface area contributed by atoms with E-state index in [0.29, 0.717) is 5.56 Å². The van der Waals surface area contributed by atoms with Crippen LogP contribution in [-0.2, 0) is 32.0 Å². The number of phenolic OH excluding ortho intramolecular Hbond substituents is 2. The number of aromatic nitrogens is 2. The quantitative estimate of drug-likeness (QED) is 0.0860. The molecule has 10 heteroatoms. The number of amides is 2. The predicted octanol–water partition coefficient (Wildman–Crippen LogP) is 3.70. The smallest absolute Gasteiger partial charge is 0.328 e. The summed E-state index contributed by atoms with van der Waals surface area (Å²) in [6.07, 6.45) is 6.59. The molecule has 0 saturated carbocycles. The van der Waals surface area contributed by atoms with Gasteiger partial charge < -0.3 is 35.6 Å². The molecule has 0 spiro atoms. The van der Waals surface area contributed by atoms with E-state index in [1.54, 1.807) is 12.4 Å². The largest absolute Gasteiger partial charge is 0.504 e. The highest BCUT2D eigenvalue weighted by Gasteiger charge is 2.28. The van der Waals surface area contributed by atoms with Crippen LogP contribution in [0.1, 0.15) is 16.7 Å². The Morgan fingerprint density at radius 3 is 2.00 bits per heavy atom. The first-order valence-electron chi connectivity index (χ1n) is 13.3. The number of aromatic amines is 2. The maximum atomic E-state index is 13.7. The summed E-state index contributed by atoms with van der Waals surface area (Å²) in [6, 6.07) is 17.4. The Morgan fingerprint density at radius 1 is 0.810 bits per heavy atom. The molecule has 5 aromatic rings. The van der Waals surface area contributed by atoms with Gasteiger partial charge in [-0.15, -0.1) is 0 Å². The highest BCUT2D eigenvalue weighted by Crippen LogP contribution is 2.25. The maximum Gasteiger partial charge on any atom is 0.328 e. The third-order valence-corrected chi connectivity index (χ3v) is 7.06. The molecule has 2 amide bonds. The second-order valence-electron chi connectivity index (χ2n) is 9.85. The number of aromatic hydroxyl groups is 2. The molecule has 0 unspecified atom stereocenters. The zero-order chi connectivity index (χ0) is 29.6. The van der Waals surface area contributed by atoms with Crippen molar-refractivity contribution in [2.75, 3.05) is 7.11 Å². The van der Waals surface area contributed by atoms with Crippen LogP contribution < -0.4 is 10.6 Å². The standard InChI is InChI=1S/C32H30N4O6/c1-42-32(41)27(16-21-18-34-25-9-5-3-7-23(21)25)36-31(40)26(15-20-17-33-24-8-4-2-6-22(20)24)35-30(39)13-11-19-10-12-28(37)29(38)14-19/h2-14,17-18,26-27,33-34,37-38H,15-16H2,1H3,(H,35,39)(H,36,40)/b13-11+/t26-,27-/m0/s1. The Balaban J connectivity index is 1.38. The lowest BCUT2D eigenvalue weighted by molar-refractivity contribution is -0.145. The normalized spacial score (nSPS) is 12.8. The first kappa shape index (κ1) is 28.0. The Bertz CT molecular complexity index is 1790. The summed E-state index contributed by atoms with van der Waals surface area (Å²) in [6.45, 7) is 0. The van der Waals surface area contributed by atoms with Gasteiger partial charge in [0, 0.05) is 53.1 Å². The zero-order valence-electron chi connectivity index (χ0n) is 22.8. The SMILES string of the molecule is COC(=O)[C@H](Cc1c[nH]c2ccccc12)NC(=O)[C@H](Cc1c[nH]c2ccccc12)NC(=O)/C=C/c1ccc(O)c(O)c1. The first-order chi connectivity index (χ1) is 20.3. The summed E-state index contributed by atoms with van der Waals surface area (Å²) >= 11 is 0. The summed E-state index contributed by atoms with van der Waals surface area (Å²) in [7, 11) is 1.26. The Hall–Kier alpha value is -5.51. The van der Waals surface area contributed by atoms with E-state index in [9.17, 15) is 24.6 Å². The number of carbonyl (C=O) groups is 3. The van der Waals surface area contributed by atoms with Gasteiger partial charge in [-0.2, -0.15) is 0 Å². The van der Waals surface area contributed by atoms with Gasteiger partial charge in [0.2, 0.25) is 11.8 Å². The lowest BCUT2D eigenvalue weighted by Gasteiger charge is -2.22. The van der Waals surface area contributed by atoms with Crippen LogP contribution in [0, 0.1) is 0 Å². The average molecular weight is 567 g/mol. The van der Waals surface area contributed by atoms with Crippen molar-refractivity contribution >= 4 is 45.7 Å². The van der Waals surface area contributed by atoms with Gasteiger partial charge in [0.25, 0.3) is 0 Å². The zero-order valence-corrected chi connectivity index (χ0v) is 22.8. The Labute approximate surface area is 241 Å². The van der Waals surface area contributed by atoms with Crippen LogP contribution in [0.3, 0.4) is 0 Å². The van der Waals surface area contributed by atoms with Crippen molar-refractivity contribution in [3.8, 4) is 11.5 Å². The first-order valence-corrected chi connectivity index (χ1v) is 13.3. The van der Waals surface area contributed by atoms with Gasteiger partial charge in [-0.3, -0.25) is 9.59 Å². The molecule has 42 heavy (non-hydrogen) atoms. The number of para-hydroxylation sites is 2. The number of phenols is 2. The topological polar surface area (TPSA) is 157 Å². The van der Waals surface area contributed by atoms with Gasteiger partial charge in [0.1, 0.15) is 12.1 Å². The lowest BCUT2D eigenvalue weighted by atomic mass is 10.0.